The van der Waals surface area contributed by atoms with Gasteiger partial charge < -0.3 is 4.90 Å². The Bertz CT molecular complexity index is 767. The first-order chi connectivity index (χ1) is 10.3. The highest BCUT2D eigenvalue weighted by Gasteiger charge is 2.24. The van der Waals surface area contributed by atoms with Crippen LogP contribution in [0.5, 0.6) is 0 Å². The summed E-state index contributed by atoms with van der Waals surface area (Å²) in [5, 5.41) is 0. The minimum atomic E-state index is 0.935. The van der Waals surface area contributed by atoms with Gasteiger partial charge in [-0.05, 0) is 53.3 Å². The van der Waals surface area contributed by atoms with Crippen molar-refractivity contribution in [3.8, 4) is 0 Å². The van der Waals surface area contributed by atoms with Crippen LogP contribution < -0.4 is 4.90 Å². The van der Waals surface area contributed by atoms with Crippen molar-refractivity contribution in [2.24, 2.45) is 0 Å². The number of aryl methyl sites for hydroxylation is 1. The van der Waals surface area contributed by atoms with Crippen molar-refractivity contribution >= 4 is 17.5 Å². The second kappa shape index (κ2) is 4.63. The lowest BCUT2D eigenvalue weighted by atomic mass is 10.0. The lowest BCUT2D eigenvalue weighted by Gasteiger charge is -2.20. The highest BCUT2D eigenvalue weighted by Crippen LogP contribution is 2.37. The minimum absolute atomic E-state index is 0.935. The van der Waals surface area contributed by atoms with Crippen molar-refractivity contribution in [1.82, 2.24) is 0 Å². The predicted molar refractivity (Wildman–Crippen MR) is 90.2 cm³/mol. The standard InChI is InChI=1S/C20H19N/c1-3-15-7-8-18-13-21(14(2)20(18)11-15)19-10-9-16-5-4-6-17(16)12-19/h4-5,7-12H,2-3,6,13H2,1H3. The number of hydrogen-bond acceptors (Lipinski definition) is 1. The van der Waals surface area contributed by atoms with Crippen LogP contribution in [0.25, 0.3) is 11.8 Å². The van der Waals surface area contributed by atoms with E-state index in [4.69, 9.17) is 0 Å². The molecule has 0 N–H and O–H groups in total. The van der Waals surface area contributed by atoms with Gasteiger partial charge in [0.2, 0.25) is 0 Å². The third-order valence-corrected chi connectivity index (χ3v) is 4.62. The third kappa shape index (κ3) is 1.92. The molecule has 2 aliphatic rings. The Hall–Kier alpha value is -2.28. The van der Waals surface area contributed by atoms with Gasteiger partial charge in [0.1, 0.15) is 0 Å². The van der Waals surface area contributed by atoms with Gasteiger partial charge in [0, 0.05) is 23.5 Å². The Balaban J connectivity index is 1.71. The molecular formula is C20H19N. The quantitative estimate of drug-likeness (QED) is 0.759. The fourth-order valence-electron chi connectivity index (χ4n) is 3.32. The van der Waals surface area contributed by atoms with Crippen molar-refractivity contribution in [2.75, 3.05) is 4.90 Å². The Labute approximate surface area is 126 Å². The number of nitrogens with zero attached hydrogens (tertiary/aromatic N) is 1. The first kappa shape index (κ1) is 12.5. The highest BCUT2D eigenvalue weighted by atomic mass is 15.2. The summed E-state index contributed by atoms with van der Waals surface area (Å²) in [6, 6.07) is 13.5. The molecule has 0 aromatic heterocycles. The van der Waals surface area contributed by atoms with Gasteiger partial charge in [0.05, 0.1) is 0 Å². The smallest absolute Gasteiger partial charge is 0.0488 e. The lowest BCUT2D eigenvalue weighted by molar-refractivity contribution is 1.03. The first-order valence-corrected chi connectivity index (χ1v) is 7.64. The van der Waals surface area contributed by atoms with Gasteiger partial charge in [0.25, 0.3) is 0 Å². The van der Waals surface area contributed by atoms with Crippen LogP contribution >= 0.6 is 0 Å². The molecule has 0 atom stereocenters. The fraction of sp³-hybridized carbons (Fsp3) is 0.200. The van der Waals surface area contributed by atoms with Crippen molar-refractivity contribution in [2.45, 2.75) is 26.3 Å². The van der Waals surface area contributed by atoms with Crippen LogP contribution in [0.2, 0.25) is 0 Å². The predicted octanol–water partition coefficient (Wildman–Crippen LogP) is 4.81. The molecule has 104 valence electrons. The van der Waals surface area contributed by atoms with E-state index in [1.54, 1.807) is 0 Å². The Morgan fingerprint density at radius 1 is 1.10 bits per heavy atom. The summed E-state index contributed by atoms with van der Waals surface area (Å²) in [4.78, 5) is 2.34. The van der Waals surface area contributed by atoms with Crippen LogP contribution in [0.1, 0.15) is 34.7 Å². The van der Waals surface area contributed by atoms with E-state index in [0.717, 1.165) is 25.1 Å². The van der Waals surface area contributed by atoms with Crippen LogP contribution in [-0.2, 0) is 19.4 Å². The Morgan fingerprint density at radius 2 is 2.00 bits per heavy atom. The van der Waals surface area contributed by atoms with E-state index in [0.29, 0.717) is 0 Å². The molecular weight excluding hydrogens is 254 g/mol. The monoisotopic (exact) mass is 273 g/mol. The van der Waals surface area contributed by atoms with E-state index in [1.807, 2.05) is 0 Å². The molecule has 0 bridgehead atoms. The van der Waals surface area contributed by atoms with Crippen LogP contribution in [0.3, 0.4) is 0 Å². The van der Waals surface area contributed by atoms with E-state index in [2.05, 4.69) is 67.0 Å². The Morgan fingerprint density at radius 3 is 2.86 bits per heavy atom. The molecule has 0 spiro atoms. The van der Waals surface area contributed by atoms with E-state index in [9.17, 15) is 0 Å². The molecule has 0 fully saturated rings. The molecule has 0 saturated heterocycles. The summed E-state index contributed by atoms with van der Waals surface area (Å²) in [5.41, 5.74) is 9.25. The van der Waals surface area contributed by atoms with Gasteiger partial charge in [-0.25, -0.2) is 0 Å². The molecule has 1 nitrogen and oxygen atoms in total. The summed E-state index contributed by atoms with van der Waals surface area (Å²) in [6.07, 6.45) is 6.57. The molecule has 2 aromatic carbocycles. The molecule has 1 heteroatoms. The highest BCUT2D eigenvalue weighted by molar-refractivity contribution is 5.84. The van der Waals surface area contributed by atoms with E-state index in [1.165, 1.54) is 33.5 Å². The lowest BCUT2D eigenvalue weighted by Crippen LogP contribution is -2.13. The molecule has 0 amide bonds. The number of fused-ring (bicyclic) bond motifs is 2. The van der Waals surface area contributed by atoms with Gasteiger partial charge in [-0.2, -0.15) is 0 Å². The maximum Gasteiger partial charge on any atom is 0.0488 e. The summed E-state index contributed by atoms with van der Waals surface area (Å²) in [7, 11) is 0. The zero-order chi connectivity index (χ0) is 14.4. The van der Waals surface area contributed by atoms with Crippen LogP contribution in [0.4, 0.5) is 5.69 Å². The minimum Gasteiger partial charge on any atom is -0.337 e. The number of anilines is 1. The topological polar surface area (TPSA) is 3.24 Å². The van der Waals surface area contributed by atoms with E-state index in [-0.39, 0.29) is 0 Å². The second-order valence-corrected chi connectivity index (χ2v) is 5.87. The summed E-state index contributed by atoms with van der Waals surface area (Å²) >= 11 is 0. The normalized spacial score (nSPS) is 15.5. The first-order valence-electron chi connectivity index (χ1n) is 7.64. The summed E-state index contributed by atoms with van der Waals surface area (Å²) in [5.74, 6) is 0. The van der Waals surface area contributed by atoms with Gasteiger partial charge >= 0.3 is 0 Å². The number of rotatable bonds is 2. The SMILES string of the molecule is C=C1c2cc(CC)ccc2CN1c1ccc2c(c1)CC=C2. The molecule has 1 aliphatic heterocycles. The summed E-state index contributed by atoms with van der Waals surface area (Å²) < 4.78 is 0. The van der Waals surface area contributed by atoms with Crippen LogP contribution in [-0.4, -0.2) is 0 Å². The third-order valence-electron chi connectivity index (χ3n) is 4.62. The molecule has 21 heavy (non-hydrogen) atoms. The van der Waals surface area contributed by atoms with Gasteiger partial charge in [-0.1, -0.05) is 43.9 Å². The van der Waals surface area contributed by atoms with Crippen LogP contribution in [0.15, 0.2) is 49.1 Å². The largest absolute Gasteiger partial charge is 0.337 e. The van der Waals surface area contributed by atoms with Gasteiger partial charge in [0.15, 0.2) is 0 Å². The number of benzene rings is 2. The summed E-state index contributed by atoms with van der Waals surface area (Å²) in [6.45, 7) is 7.47. The zero-order valence-electron chi connectivity index (χ0n) is 12.4. The van der Waals surface area contributed by atoms with Gasteiger partial charge in [-0.15, -0.1) is 0 Å². The van der Waals surface area contributed by atoms with E-state index < -0.39 is 0 Å². The van der Waals surface area contributed by atoms with Crippen molar-refractivity contribution in [1.29, 1.82) is 0 Å². The molecule has 0 saturated carbocycles. The van der Waals surface area contributed by atoms with Gasteiger partial charge in [-0.3, -0.25) is 0 Å². The molecule has 1 heterocycles. The molecule has 2 aromatic rings. The van der Waals surface area contributed by atoms with Crippen molar-refractivity contribution < 1.29 is 0 Å². The average Bonchev–Trinajstić information content (AvgIpc) is 3.11. The van der Waals surface area contributed by atoms with E-state index >= 15 is 0 Å². The number of allylic oxidation sites excluding steroid dienone is 1. The fourth-order valence-corrected chi connectivity index (χ4v) is 3.32. The molecule has 0 unspecified atom stereocenters. The molecule has 0 radical (unpaired) electrons. The average molecular weight is 273 g/mol. The maximum atomic E-state index is 4.33. The number of hydrogen-bond donors (Lipinski definition) is 0. The van der Waals surface area contributed by atoms with Crippen molar-refractivity contribution in [3.63, 3.8) is 0 Å². The van der Waals surface area contributed by atoms with Crippen LogP contribution in [0, 0.1) is 0 Å². The molecule has 4 rings (SSSR count). The van der Waals surface area contributed by atoms with Crippen molar-refractivity contribution in [3.05, 3.63) is 76.9 Å². The molecule has 1 aliphatic carbocycles. The maximum absolute atomic E-state index is 4.33. The Kier molecular flexibility index (Phi) is 2.75. The second-order valence-electron chi connectivity index (χ2n) is 5.87. The zero-order valence-corrected chi connectivity index (χ0v) is 12.4.